The lowest BCUT2D eigenvalue weighted by Gasteiger charge is -2.53. The molecule has 3 aliphatic rings. The van der Waals surface area contributed by atoms with Crippen molar-refractivity contribution in [2.24, 2.45) is 23.2 Å². The van der Waals surface area contributed by atoms with E-state index in [4.69, 9.17) is 5.26 Å². The van der Waals surface area contributed by atoms with Gasteiger partial charge in [-0.1, -0.05) is 30.3 Å². The highest BCUT2D eigenvalue weighted by Crippen LogP contribution is 2.62. The minimum absolute atomic E-state index is 0.118. The minimum Gasteiger partial charge on any atom is -0.393 e. The van der Waals surface area contributed by atoms with E-state index in [9.17, 15) is 15.0 Å². The fraction of sp³-hybridized carbons (Fsp3) is 0.613. The molecular formula is C31H40N4O3S. The number of fused-ring (bicyclic) bond motifs is 4. The van der Waals surface area contributed by atoms with Gasteiger partial charge in [0.15, 0.2) is 5.78 Å². The maximum absolute atomic E-state index is 13.6. The molecule has 6 atom stereocenters. The molecule has 2 saturated carbocycles. The van der Waals surface area contributed by atoms with E-state index < -0.39 is 17.1 Å². The van der Waals surface area contributed by atoms with Gasteiger partial charge in [-0.15, -0.1) is 0 Å². The molecule has 0 spiro atoms. The number of hydrogen-bond acceptors (Lipinski definition) is 7. The van der Waals surface area contributed by atoms with Crippen LogP contribution in [0.1, 0.15) is 75.7 Å². The van der Waals surface area contributed by atoms with Crippen molar-refractivity contribution in [3.8, 4) is 6.07 Å². The van der Waals surface area contributed by atoms with E-state index in [-0.39, 0.29) is 29.3 Å². The lowest BCUT2D eigenvalue weighted by atomic mass is 9.53. The predicted molar refractivity (Wildman–Crippen MR) is 152 cm³/mol. The Bertz CT molecular complexity index is 1300. The van der Waals surface area contributed by atoms with Crippen LogP contribution in [0.15, 0.2) is 35.0 Å². The fourth-order valence-corrected chi connectivity index (χ4v) is 8.64. The second-order valence-corrected chi connectivity index (χ2v) is 13.1. The Morgan fingerprint density at radius 2 is 2.03 bits per heavy atom. The molecule has 2 heterocycles. The molecule has 0 bridgehead atoms. The van der Waals surface area contributed by atoms with Crippen molar-refractivity contribution in [3.63, 3.8) is 0 Å². The van der Waals surface area contributed by atoms with Crippen LogP contribution in [0, 0.1) is 41.4 Å². The number of nitrogens with zero attached hydrogens (tertiary/aromatic N) is 4. The van der Waals surface area contributed by atoms with E-state index in [1.165, 1.54) is 17.3 Å². The number of pyridine rings is 1. The van der Waals surface area contributed by atoms with E-state index in [0.29, 0.717) is 25.8 Å². The Kier molecular flexibility index (Phi) is 8.05. The second kappa shape index (κ2) is 11.2. The largest absolute Gasteiger partial charge is 0.393 e. The van der Waals surface area contributed by atoms with Crippen LogP contribution in [-0.4, -0.2) is 48.2 Å². The van der Waals surface area contributed by atoms with Gasteiger partial charge in [0.25, 0.3) is 0 Å². The maximum Gasteiger partial charge on any atom is 0.175 e. The average Bonchev–Trinajstić information content (AvgIpc) is 3.41. The van der Waals surface area contributed by atoms with Crippen molar-refractivity contribution in [2.75, 3.05) is 5.75 Å². The molecule has 0 amide bonds. The van der Waals surface area contributed by atoms with Crippen LogP contribution in [0.2, 0.25) is 0 Å². The van der Waals surface area contributed by atoms with Crippen LogP contribution in [0.4, 0.5) is 0 Å². The zero-order valence-corrected chi connectivity index (χ0v) is 24.1. The Labute approximate surface area is 235 Å². The van der Waals surface area contributed by atoms with Crippen molar-refractivity contribution in [1.29, 1.82) is 5.26 Å². The summed E-state index contributed by atoms with van der Waals surface area (Å²) in [7, 11) is 0. The van der Waals surface area contributed by atoms with Crippen LogP contribution in [0.3, 0.4) is 0 Å². The van der Waals surface area contributed by atoms with E-state index in [2.05, 4.69) is 36.1 Å². The molecule has 2 aromatic heterocycles. The number of nitriles is 1. The number of allylic oxidation sites excluding steroid dienone is 1. The number of aromatic nitrogens is 3. The normalized spacial score (nSPS) is 32.4. The molecule has 5 rings (SSSR count). The highest BCUT2D eigenvalue weighted by Gasteiger charge is 2.65. The second-order valence-electron chi connectivity index (χ2n) is 12.1. The topological polar surface area (TPSA) is 112 Å². The number of carbonyl (C=O) groups excluding carboxylic acids is 1. The van der Waals surface area contributed by atoms with E-state index >= 15 is 0 Å². The van der Waals surface area contributed by atoms with Crippen LogP contribution < -0.4 is 0 Å². The number of thioether (sulfide) groups is 1. The lowest BCUT2D eigenvalue weighted by Crippen LogP contribution is -2.58. The summed E-state index contributed by atoms with van der Waals surface area (Å²) < 4.78 is 1.93. The zero-order valence-electron chi connectivity index (χ0n) is 23.3. The van der Waals surface area contributed by atoms with E-state index in [1.807, 2.05) is 36.0 Å². The first kappa shape index (κ1) is 28.1. The quantitative estimate of drug-likeness (QED) is 0.481. The number of hydrogen-bond donors (Lipinski definition) is 2. The van der Waals surface area contributed by atoms with Crippen LogP contribution in [0.5, 0.6) is 0 Å². The third kappa shape index (κ3) is 5.21. The summed E-state index contributed by atoms with van der Waals surface area (Å²) in [4.78, 5) is 18.1. The predicted octanol–water partition coefficient (Wildman–Crippen LogP) is 5.14. The lowest BCUT2D eigenvalue weighted by molar-refractivity contribution is -0.166. The first-order chi connectivity index (χ1) is 18.7. The number of ketones is 1. The van der Waals surface area contributed by atoms with Crippen molar-refractivity contribution >= 4 is 23.6 Å². The Morgan fingerprint density at radius 3 is 2.79 bits per heavy atom. The molecule has 3 aliphatic carbocycles. The third-order valence-corrected chi connectivity index (χ3v) is 10.8. The molecule has 0 saturated heterocycles. The molecule has 0 aromatic carbocycles. The standard InChI is InChI=1S/C31H40N4O3S/c1-20-8-10-23-24(11-9-22-18-33-35(15-5-14-32)26(22)16-20)27(36)17-30(3)25(23)12-13-31(30,38)28(37)19-39-29-7-4-6-21(2)34-29/h4,6-7,16,18,23-25,27,36,38H,5,8-13,15,17,19H2,1-3H3. The van der Waals surface area contributed by atoms with Gasteiger partial charge in [-0.2, -0.15) is 10.4 Å². The molecule has 39 heavy (non-hydrogen) atoms. The molecule has 2 N–H and O–H groups in total. The number of aryl methyl sites for hydroxylation is 3. The van der Waals surface area contributed by atoms with E-state index in [0.717, 1.165) is 54.1 Å². The zero-order chi connectivity index (χ0) is 27.8. The SMILES string of the molecule is CC1=Cc2c(cnn2CCC#N)CCC2C(O)CC3(C)C(CCC3(O)C(=O)CSc3cccc(C)n3)C2CC1. The van der Waals surface area contributed by atoms with Crippen molar-refractivity contribution in [1.82, 2.24) is 14.8 Å². The summed E-state index contributed by atoms with van der Waals surface area (Å²) in [6.45, 7) is 6.71. The summed E-state index contributed by atoms with van der Waals surface area (Å²) in [5, 5.41) is 38.0. The fourth-order valence-electron chi connectivity index (χ4n) is 7.74. The monoisotopic (exact) mass is 548 g/mol. The van der Waals surface area contributed by atoms with Crippen LogP contribution in [-0.2, 0) is 17.8 Å². The highest BCUT2D eigenvalue weighted by atomic mass is 32.2. The van der Waals surface area contributed by atoms with Gasteiger partial charge in [-0.3, -0.25) is 9.48 Å². The van der Waals surface area contributed by atoms with Crippen LogP contribution in [0.25, 0.3) is 6.08 Å². The van der Waals surface area contributed by atoms with Gasteiger partial charge in [0.1, 0.15) is 5.60 Å². The first-order valence-electron chi connectivity index (χ1n) is 14.3. The Balaban J connectivity index is 1.37. The van der Waals surface area contributed by atoms with Gasteiger partial charge in [0.05, 0.1) is 47.8 Å². The number of carbonyl (C=O) groups is 1. The van der Waals surface area contributed by atoms with Crippen LogP contribution >= 0.6 is 11.8 Å². The van der Waals surface area contributed by atoms with Crippen molar-refractivity contribution < 1.29 is 15.0 Å². The van der Waals surface area contributed by atoms with Gasteiger partial charge in [0, 0.05) is 11.1 Å². The van der Waals surface area contributed by atoms with Gasteiger partial charge in [0.2, 0.25) is 0 Å². The average molecular weight is 549 g/mol. The molecule has 7 nitrogen and oxygen atoms in total. The van der Waals surface area contributed by atoms with Crippen molar-refractivity contribution in [2.45, 2.75) is 95.4 Å². The number of Topliss-reactive ketones (excluding diaryl/α,β-unsaturated/α-hetero) is 1. The van der Waals surface area contributed by atoms with Gasteiger partial charge in [-0.25, -0.2) is 4.98 Å². The minimum atomic E-state index is -1.43. The maximum atomic E-state index is 13.6. The molecule has 6 unspecified atom stereocenters. The summed E-state index contributed by atoms with van der Waals surface area (Å²) in [5.41, 5.74) is 2.31. The summed E-state index contributed by atoms with van der Waals surface area (Å²) in [6, 6.07) is 7.98. The van der Waals surface area contributed by atoms with Gasteiger partial charge in [-0.05, 0) is 100 Å². The molecular weight excluding hydrogens is 508 g/mol. The number of rotatable bonds is 6. The number of aliphatic hydroxyl groups excluding tert-OH is 1. The summed E-state index contributed by atoms with van der Waals surface area (Å²) >= 11 is 1.39. The van der Waals surface area contributed by atoms with Gasteiger partial charge < -0.3 is 10.2 Å². The molecule has 208 valence electrons. The van der Waals surface area contributed by atoms with Crippen molar-refractivity contribution in [3.05, 3.63) is 46.9 Å². The first-order valence-corrected chi connectivity index (χ1v) is 15.2. The molecule has 2 aromatic rings. The molecule has 2 fully saturated rings. The smallest absolute Gasteiger partial charge is 0.175 e. The number of aliphatic hydroxyl groups is 2. The van der Waals surface area contributed by atoms with E-state index in [1.54, 1.807) is 0 Å². The Morgan fingerprint density at radius 1 is 1.23 bits per heavy atom. The summed E-state index contributed by atoms with van der Waals surface area (Å²) in [6.07, 6.45) is 9.17. The van der Waals surface area contributed by atoms with Gasteiger partial charge >= 0.3 is 0 Å². The molecule has 8 heteroatoms. The highest BCUT2D eigenvalue weighted by molar-refractivity contribution is 7.99. The summed E-state index contributed by atoms with van der Waals surface area (Å²) in [5.74, 6) is 0.585. The molecule has 0 radical (unpaired) electrons. The molecule has 0 aliphatic heterocycles. The Hall–Kier alpha value is -2.47. The third-order valence-electron chi connectivity index (χ3n) is 9.85.